The van der Waals surface area contributed by atoms with Gasteiger partial charge in [-0.1, -0.05) is 13.8 Å². The fourth-order valence-corrected chi connectivity index (χ4v) is 5.19. The predicted octanol–water partition coefficient (Wildman–Crippen LogP) is 2.94. The van der Waals surface area contributed by atoms with Gasteiger partial charge in [0.25, 0.3) is 0 Å². The first-order valence-corrected chi connectivity index (χ1v) is 11.2. The molecule has 3 aliphatic rings. The van der Waals surface area contributed by atoms with Crippen LogP contribution in [0.1, 0.15) is 49.6 Å². The van der Waals surface area contributed by atoms with E-state index in [0.29, 0.717) is 11.9 Å². The van der Waals surface area contributed by atoms with Crippen LogP contribution in [0, 0.1) is 0 Å². The minimum atomic E-state index is 0.0390. The Morgan fingerprint density at radius 3 is 2.58 bits per heavy atom. The van der Waals surface area contributed by atoms with E-state index in [1.54, 1.807) is 0 Å². The first-order valence-electron chi connectivity index (χ1n) is 11.2. The Morgan fingerprint density at radius 2 is 1.90 bits per heavy atom. The standard InChI is InChI=1S/C23H28N8/c1-14(2)20-18-19-16(23(6-7-23)21(18)29-30(20)3)13-26-22(28-19)27-17-5-4-15(12-25-17)31-10-8-24-9-11-31/h4-5,12-14,24H,6-11H2,1-3H3,(H,25,26,27,28). The number of aryl methyl sites for hydroxylation is 1. The quantitative estimate of drug-likeness (QED) is 0.676. The van der Waals surface area contributed by atoms with Crippen LogP contribution in [0.2, 0.25) is 0 Å². The second-order valence-corrected chi connectivity index (χ2v) is 9.19. The van der Waals surface area contributed by atoms with Crippen LogP contribution in [0.3, 0.4) is 0 Å². The molecule has 3 aromatic rings. The molecule has 4 heterocycles. The van der Waals surface area contributed by atoms with E-state index in [2.05, 4.69) is 45.4 Å². The number of anilines is 3. The Morgan fingerprint density at radius 1 is 1.10 bits per heavy atom. The van der Waals surface area contributed by atoms with Crippen molar-refractivity contribution in [1.29, 1.82) is 0 Å². The van der Waals surface area contributed by atoms with E-state index in [1.807, 2.05) is 30.2 Å². The molecule has 2 fully saturated rings. The number of pyridine rings is 1. The van der Waals surface area contributed by atoms with Crippen LogP contribution in [-0.2, 0) is 12.5 Å². The molecular weight excluding hydrogens is 388 g/mol. The summed E-state index contributed by atoms with van der Waals surface area (Å²) in [5.41, 5.74) is 7.13. The van der Waals surface area contributed by atoms with Crippen LogP contribution in [0.25, 0.3) is 11.3 Å². The molecule has 2 aliphatic carbocycles. The van der Waals surface area contributed by atoms with Gasteiger partial charge in [-0.2, -0.15) is 5.10 Å². The Hall–Kier alpha value is -3.00. The largest absolute Gasteiger partial charge is 0.368 e. The average molecular weight is 417 g/mol. The van der Waals surface area contributed by atoms with Crippen molar-refractivity contribution < 1.29 is 0 Å². The summed E-state index contributed by atoms with van der Waals surface area (Å²) in [5.74, 6) is 1.73. The van der Waals surface area contributed by atoms with Crippen LogP contribution in [0.5, 0.6) is 0 Å². The normalized spacial score (nSPS) is 18.4. The molecule has 3 aromatic heterocycles. The lowest BCUT2D eigenvalue weighted by atomic mass is 10.00. The van der Waals surface area contributed by atoms with Crippen molar-refractivity contribution in [1.82, 2.24) is 30.0 Å². The topological polar surface area (TPSA) is 83.8 Å². The van der Waals surface area contributed by atoms with Crippen LogP contribution in [0.4, 0.5) is 17.5 Å². The molecule has 2 N–H and O–H groups in total. The van der Waals surface area contributed by atoms with Gasteiger partial charge in [0.1, 0.15) is 5.82 Å². The van der Waals surface area contributed by atoms with Gasteiger partial charge in [-0.25, -0.2) is 15.0 Å². The van der Waals surface area contributed by atoms with Crippen molar-refractivity contribution in [2.75, 3.05) is 36.4 Å². The van der Waals surface area contributed by atoms with E-state index in [0.717, 1.165) is 56.2 Å². The lowest BCUT2D eigenvalue weighted by Gasteiger charge is -2.29. The Bertz CT molecular complexity index is 1140. The molecule has 1 aliphatic heterocycles. The van der Waals surface area contributed by atoms with E-state index in [9.17, 15) is 0 Å². The second kappa shape index (κ2) is 6.75. The first-order chi connectivity index (χ1) is 15.1. The van der Waals surface area contributed by atoms with Crippen molar-refractivity contribution in [3.8, 4) is 11.3 Å². The van der Waals surface area contributed by atoms with Gasteiger partial charge in [-0.3, -0.25) is 4.68 Å². The third-order valence-corrected chi connectivity index (χ3v) is 6.85. The maximum atomic E-state index is 4.96. The van der Waals surface area contributed by atoms with Crippen molar-refractivity contribution in [2.24, 2.45) is 7.05 Å². The van der Waals surface area contributed by atoms with Gasteiger partial charge in [0.05, 0.1) is 29.0 Å². The van der Waals surface area contributed by atoms with Crippen LogP contribution in [0.15, 0.2) is 24.5 Å². The number of piperazine rings is 1. The summed E-state index contributed by atoms with van der Waals surface area (Å²) >= 11 is 0. The van der Waals surface area contributed by atoms with Crippen LogP contribution >= 0.6 is 0 Å². The number of rotatable bonds is 4. The highest BCUT2D eigenvalue weighted by molar-refractivity contribution is 5.81. The van der Waals surface area contributed by atoms with Gasteiger partial charge in [-0.15, -0.1) is 0 Å². The molecule has 6 rings (SSSR count). The van der Waals surface area contributed by atoms with Crippen molar-refractivity contribution >= 4 is 17.5 Å². The Labute approximate surface area is 182 Å². The van der Waals surface area contributed by atoms with Crippen LogP contribution < -0.4 is 15.5 Å². The molecule has 8 heteroatoms. The summed E-state index contributed by atoms with van der Waals surface area (Å²) in [7, 11) is 2.05. The monoisotopic (exact) mass is 416 g/mol. The summed E-state index contributed by atoms with van der Waals surface area (Å²) in [6.45, 7) is 8.49. The SMILES string of the molecule is CC(C)c1c2c(nn1C)C1(CC1)c1cnc(Nc3ccc(N4CCNCC4)cn3)nc1-2. The summed E-state index contributed by atoms with van der Waals surface area (Å²) in [6.07, 6.45) is 6.19. The molecule has 160 valence electrons. The molecule has 0 radical (unpaired) electrons. The van der Waals surface area contributed by atoms with Gasteiger partial charge in [0, 0.05) is 56.0 Å². The molecule has 0 unspecified atom stereocenters. The molecule has 0 bridgehead atoms. The van der Waals surface area contributed by atoms with E-state index in [-0.39, 0.29) is 5.41 Å². The van der Waals surface area contributed by atoms with E-state index >= 15 is 0 Å². The van der Waals surface area contributed by atoms with E-state index in [1.165, 1.54) is 22.5 Å². The fraction of sp³-hybridized carbons (Fsp3) is 0.478. The number of aromatic nitrogens is 5. The molecule has 1 spiro atoms. The maximum absolute atomic E-state index is 4.96. The molecule has 0 aromatic carbocycles. The highest BCUT2D eigenvalue weighted by Crippen LogP contribution is 2.62. The molecule has 0 amide bonds. The molecule has 0 atom stereocenters. The highest BCUT2D eigenvalue weighted by Gasteiger charge is 2.56. The lowest BCUT2D eigenvalue weighted by molar-refractivity contribution is 0.589. The molecule has 8 nitrogen and oxygen atoms in total. The van der Waals surface area contributed by atoms with Gasteiger partial charge < -0.3 is 15.5 Å². The maximum Gasteiger partial charge on any atom is 0.228 e. The number of hydrogen-bond acceptors (Lipinski definition) is 7. The second-order valence-electron chi connectivity index (χ2n) is 9.19. The zero-order valence-electron chi connectivity index (χ0n) is 18.3. The highest BCUT2D eigenvalue weighted by atomic mass is 15.3. The minimum absolute atomic E-state index is 0.0390. The molecule has 1 saturated carbocycles. The summed E-state index contributed by atoms with van der Waals surface area (Å²) < 4.78 is 2.05. The average Bonchev–Trinajstić information content (AvgIpc) is 3.45. The third kappa shape index (κ3) is 2.85. The Kier molecular flexibility index (Phi) is 4.08. The van der Waals surface area contributed by atoms with Gasteiger partial charge in [0.2, 0.25) is 5.95 Å². The molecule has 31 heavy (non-hydrogen) atoms. The van der Waals surface area contributed by atoms with Gasteiger partial charge in [-0.05, 0) is 30.9 Å². The van der Waals surface area contributed by atoms with Crippen LogP contribution in [-0.4, -0.2) is 50.9 Å². The third-order valence-electron chi connectivity index (χ3n) is 6.85. The summed E-state index contributed by atoms with van der Waals surface area (Å²) in [6, 6.07) is 4.12. The fourth-order valence-electron chi connectivity index (χ4n) is 5.19. The van der Waals surface area contributed by atoms with Gasteiger partial charge >= 0.3 is 0 Å². The van der Waals surface area contributed by atoms with Crippen molar-refractivity contribution in [3.63, 3.8) is 0 Å². The van der Waals surface area contributed by atoms with Gasteiger partial charge in [0.15, 0.2) is 0 Å². The smallest absolute Gasteiger partial charge is 0.228 e. The van der Waals surface area contributed by atoms with E-state index < -0.39 is 0 Å². The number of fused-ring (bicyclic) bond motifs is 5. The minimum Gasteiger partial charge on any atom is -0.368 e. The lowest BCUT2D eigenvalue weighted by Crippen LogP contribution is -2.43. The van der Waals surface area contributed by atoms with E-state index in [4.69, 9.17) is 10.1 Å². The number of nitrogens with one attached hydrogen (secondary N) is 2. The zero-order chi connectivity index (χ0) is 21.2. The predicted molar refractivity (Wildman–Crippen MR) is 121 cm³/mol. The zero-order valence-corrected chi connectivity index (χ0v) is 18.3. The Balaban J connectivity index is 1.31. The molecule has 1 saturated heterocycles. The van der Waals surface area contributed by atoms with Crippen molar-refractivity contribution in [2.45, 2.75) is 38.0 Å². The summed E-state index contributed by atoms with van der Waals surface area (Å²) in [4.78, 5) is 16.6. The summed E-state index contributed by atoms with van der Waals surface area (Å²) in [5, 5.41) is 11.6. The molecular formula is C23H28N8. The van der Waals surface area contributed by atoms with Crippen molar-refractivity contribution in [3.05, 3.63) is 41.5 Å². The first kappa shape index (κ1) is 18.7. The number of hydrogen-bond donors (Lipinski definition) is 2. The number of nitrogens with zero attached hydrogens (tertiary/aromatic N) is 6.